The number of carbonyl (C=O) groups is 1. The van der Waals surface area contributed by atoms with E-state index in [1.54, 1.807) is 14.2 Å². The average molecular weight is 547 g/mol. The van der Waals surface area contributed by atoms with Gasteiger partial charge in [0, 0.05) is 37.3 Å². The molecule has 1 saturated carbocycles. The highest BCUT2D eigenvalue weighted by Gasteiger charge is 2.23. The van der Waals surface area contributed by atoms with Gasteiger partial charge in [0.15, 0.2) is 28.8 Å². The van der Waals surface area contributed by atoms with Crippen LogP contribution in [-0.4, -0.2) is 69.4 Å². The molecule has 1 aliphatic carbocycles. The molecule has 2 heterocycles. The lowest BCUT2D eigenvalue weighted by atomic mass is 10.1. The zero-order valence-corrected chi connectivity index (χ0v) is 24.0. The highest BCUT2D eigenvalue weighted by Crippen LogP contribution is 2.34. The van der Waals surface area contributed by atoms with E-state index >= 15 is 0 Å². The van der Waals surface area contributed by atoms with Crippen molar-refractivity contribution in [2.75, 3.05) is 53.9 Å². The number of methoxy groups -OCH3 is 2. The minimum Gasteiger partial charge on any atom is -0.493 e. The minimum atomic E-state index is 0.0915. The number of rotatable bonds is 10. The fraction of sp³-hybridized carbons (Fsp3) is 0.485. The molecule has 2 aromatic carbocycles. The Morgan fingerprint density at radius 1 is 0.625 bits per heavy atom. The van der Waals surface area contributed by atoms with Gasteiger partial charge in [-0.15, -0.1) is 0 Å². The third-order valence-corrected chi connectivity index (χ3v) is 8.01. The number of benzene rings is 2. The molecule has 3 aliphatic rings. The summed E-state index contributed by atoms with van der Waals surface area (Å²) < 4.78 is 23.3. The summed E-state index contributed by atoms with van der Waals surface area (Å²) in [6, 6.07) is 11.7. The van der Waals surface area contributed by atoms with Crippen LogP contribution in [-0.2, 0) is 4.79 Å². The first kappa shape index (κ1) is 28.2. The maximum Gasteiger partial charge on any atom is 0.185 e. The molecule has 0 atom stereocenters. The van der Waals surface area contributed by atoms with Gasteiger partial charge >= 0.3 is 0 Å². The van der Waals surface area contributed by atoms with Crippen LogP contribution in [0.3, 0.4) is 0 Å². The Hall–Kier alpha value is -3.29. The summed E-state index contributed by atoms with van der Waals surface area (Å²) in [6.45, 7) is 5.45. The lowest BCUT2D eigenvalue weighted by Gasteiger charge is -2.26. The van der Waals surface area contributed by atoms with E-state index in [-0.39, 0.29) is 5.78 Å². The number of hydrogen-bond donors (Lipinski definition) is 0. The summed E-state index contributed by atoms with van der Waals surface area (Å²) in [5, 5.41) is 0. The lowest BCUT2D eigenvalue weighted by molar-refractivity contribution is -0.111. The third-order valence-electron chi connectivity index (χ3n) is 8.01. The van der Waals surface area contributed by atoms with Crippen molar-refractivity contribution in [1.29, 1.82) is 0 Å². The van der Waals surface area contributed by atoms with Gasteiger partial charge in [-0.2, -0.15) is 0 Å². The Bertz CT molecular complexity index is 1130. The number of piperidine rings is 2. The maximum atomic E-state index is 13.3. The largest absolute Gasteiger partial charge is 0.493 e. The van der Waals surface area contributed by atoms with Crippen molar-refractivity contribution in [3.63, 3.8) is 0 Å². The molecule has 0 N–H and O–H groups in total. The van der Waals surface area contributed by atoms with E-state index in [9.17, 15) is 4.79 Å². The molecule has 40 heavy (non-hydrogen) atoms. The van der Waals surface area contributed by atoms with Crippen LogP contribution in [0.25, 0.3) is 12.2 Å². The van der Waals surface area contributed by atoms with Crippen molar-refractivity contribution < 1.29 is 23.7 Å². The number of carbonyl (C=O) groups excluding carboxylic acids is 1. The van der Waals surface area contributed by atoms with Crippen LogP contribution in [0.4, 0.5) is 0 Å². The molecule has 2 saturated heterocycles. The first-order chi connectivity index (χ1) is 19.6. The number of Topliss-reactive ketones (excluding diaryl/α,β-unsaturated/α-hetero) is 1. The molecule has 7 nitrogen and oxygen atoms in total. The van der Waals surface area contributed by atoms with E-state index in [2.05, 4.69) is 9.80 Å². The third kappa shape index (κ3) is 7.26. The predicted molar refractivity (Wildman–Crippen MR) is 158 cm³/mol. The Balaban J connectivity index is 1.23. The second kappa shape index (κ2) is 13.9. The van der Waals surface area contributed by atoms with Crippen molar-refractivity contribution in [1.82, 2.24) is 9.80 Å². The molecule has 2 aromatic rings. The predicted octanol–water partition coefficient (Wildman–Crippen LogP) is 6.18. The SMILES string of the molecule is COc1cc(/C=C2\CC/C(=C\c3ccc(OCN4CCCCC4)c(OC)c3)C2=O)ccc1OCN1CCCCC1. The number of nitrogens with zero attached hydrogens (tertiary/aromatic N) is 2. The van der Waals surface area contributed by atoms with Crippen molar-refractivity contribution in [2.24, 2.45) is 0 Å². The molecule has 5 rings (SSSR count). The van der Waals surface area contributed by atoms with E-state index in [0.717, 1.165) is 60.0 Å². The number of hydrogen-bond acceptors (Lipinski definition) is 7. The monoisotopic (exact) mass is 546 g/mol. The summed E-state index contributed by atoms with van der Waals surface area (Å²) in [5.41, 5.74) is 3.49. The van der Waals surface area contributed by atoms with E-state index in [4.69, 9.17) is 18.9 Å². The summed E-state index contributed by atoms with van der Waals surface area (Å²) >= 11 is 0. The number of ether oxygens (including phenoxy) is 4. The lowest BCUT2D eigenvalue weighted by Crippen LogP contribution is -2.33. The van der Waals surface area contributed by atoms with E-state index in [1.807, 2.05) is 48.6 Å². The Morgan fingerprint density at radius 3 is 1.45 bits per heavy atom. The van der Waals surface area contributed by atoms with Gasteiger partial charge < -0.3 is 18.9 Å². The van der Waals surface area contributed by atoms with Crippen molar-refractivity contribution in [3.05, 3.63) is 58.7 Å². The average Bonchev–Trinajstić information content (AvgIpc) is 3.34. The van der Waals surface area contributed by atoms with Crippen LogP contribution >= 0.6 is 0 Å². The van der Waals surface area contributed by atoms with Gasteiger partial charge in [-0.1, -0.05) is 25.0 Å². The molecule has 0 bridgehead atoms. The van der Waals surface area contributed by atoms with Crippen LogP contribution in [0.2, 0.25) is 0 Å². The molecule has 3 fully saturated rings. The van der Waals surface area contributed by atoms with Crippen molar-refractivity contribution >= 4 is 17.9 Å². The summed E-state index contributed by atoms with van der Waals surface area (Å²) in [6.07, 6.45) is 12.9. The summed E-state index contributed by atoms with van der Waals surface area (Å²) in [5.74, 6) is 2.91. The minimum absolute atomic E-state index is 0.0915. The number of ketones is 1. The first-order valence-electron chi connectivity index (χ1n) is 14.6. The smallest absolute Gasteiger partial charge is 0.185 e. The molecule has 0 unspecified atom stereocenters. The molecule has 0 radical (unpaired) electrons. The van der Waals surface area contributed by atoms with E-state index in [1.165, 1.54) is 38.5 Å². The summed E-state index contributed by atoms with van der Waals surface area (Å²) in [7, 11) is 3.31. The maximum absolute atomic E-state index is 13.3. The van der Waals surface area contributed by atoms with Gasteiger partial charge in [0.05, 0.1) is 14.2 Å². The zero-order chi connectivity index (χ0) is 27.7. The number of allylic oxidation sites excluding steroid dienone is 2. The highest BCUT2D eigenvalue weighted by atomic mass is 16.5. The molecular weight excluding hydrogens is 504 g/mol. The number of likely N-dealkylation sites (tertiary alicyclic amines) is 2. The van der Waals surface area contributed by atoms with Gasteiger partial charge in [0.2, 0.25) is 0 Å². The normalized spacial score (nSPS) is 20.7. The summed E-state index contributed by atoms with van der Waals surface area (Å²) in [4.78, 5) is 17.9. The first-order valence-corrected chi connectivity index (χ1v) is 14.6. The highest BCUT2D eigenvalue weighted by molar-refractivity contribution is 6.15. The quantitative estimate of drug-likeness (QED) is 0.330. The molecule has 7 heteroatoms. The fourth-order valence-corrected chi connectivity index (χ4v) is 5.67. The topological polar surface area (TPSA) is 60.5 Å². The van der Waals surface area contributed by atoms with Gasteiger partial charge in [0.1, 0.15) is 13.5 Å². The zero-order valence-electron chi connectivity index (χ0n) is 24.0. The Morgan fingerprint density at radius 2 is 1.05 bits per heavy atom. The second-order valence-electron chi connectivity index (χ2n) is 10.9. The van der Waals surface area contributed by atoms with Crippen LogP contribution in [0, 0.1) is 0 Å². The Kier molecular flexibility index (Phi) is 9.79. The molecule has 0 amide bonds. The van der Waals surface area contributed by atoms with Crippen LogP contribution in [0.1, 0.15) is 62.5 Å². The molecule has 2 aliphatic heterocycles. The van der Waals surface area contributed by atoms with E-state index in [0.29, 0.717) is 37.8 Å². The van der Waals surface area contributed by atoms with Gasteiger partial charge in [-0.3, -0.25) is 14.6 Å². The van der Waals surface area contributed by atoms with E-state index < -0.39 is 0 Å². The standard InChI is InChI=1S/C33H42N2O5/c1-37-31-21-25(9-13-29(31)39-23-34-15-5-3-6-16-34)19-27-11-12-28(33(27)36)20-26-10-14-30(32(22-26)38-2)40-24-35-17-7-4-8-18-35/h9-10,13-14,19-22H,3-8,11-12,15-18,23-24H2,1-2H3/b27-19+,28-20+. The van der Waals surface area contributed by atoms with Gasteiger partial charge in [0.25, 0.3) is 0 Å². The molecule has 0 spiro atoms. The van der Waals surface area contributed by atoms with Crippen LogP contribution in [0.15, 0.2) is 47.5 Å². The Labute approximate surface area is 238 Å². The van der Waals surface area contributed by atoms with Crippen LogP contribution in [0.5, 0.6) is 23.0 Å². The van der Waals surface area contributed by atoms with Gasteiger partial charge in [-0.25, -0.2) is 0 Å². The van der Waals surface area contributed by atoms with Crippen LogP contribution < -0.4 is 18.9 Å². The fourth-order valence-electron chi connectivity index (χ4n) is 5.67. The van der Waals surface area contributed by atoms with Gasteiger partial charge in [-0.05, 0) is 86.1 Å². The molecule has 214 valence electrons. The second-order valence-corrected chi connectivity index (χ2v) is 10.9. The molecular formula is C33H42N2O5. The van der Waals surface area contributed by atoms with Crippen molar-refractivity contribution in [3.8, 4) is 23.0 Å². The molecule has 0 aromatic heterocycles. The van der Waals surface area contributed by atoms with Crippen molar-refractivity contribution in [2.45, 2.75) is 51.4 Å².